The fourth-order valence-corrected chi connectivity index (χ4v) is 1.38. The molecule has 0 radical (unpaired) electrons. The topological polar surface area (TPSA) is 46.0 Å². The van der Waals surface area contributed by atoms with Crippen LogP contribution in [0.5, 0.6) is 0 Å². The lowest BCUT2D eigenvalue weighted by Crippen LogP contribution is -1.99. The van der Waals surface area contributed by atoms with E-state index in [1.807, 2.05) is 6.07 Å². The van der Waals surface area contributed by atoms with E-state index in [4.69, 9.17) is 0 Å². The van der Waals surface area contributed by atoms with Crippen molar-refractivity contribution in [2.75, 3.05) is 0 Å². The van der Waals surface area contributed by atoms with Crippen LogP contribution in [0.25, 0.3) is 0 Å². The largest absolute Gasteiger partial charge is 0.388 e. The molecule has 0 saturated heterocycles. The number of hydrogen-bond acceptors (Lipinski definition) is 3. The molecule has 78 valence electrons. The summed E-state index contributed by atoms with van der Waals surface area (Å²) in [5, 5.41) is 17.2. The van der Waals surface area contributed by atoms with Crippen LogP contribution in [0.3, 0.4) is 0 Å². The Morgan fingerprint density at radius 3 is 2.64 bits per heavy atom. The van der Waals surface area contributed by atoms with Crippen LogP contribution in [-0.4, -0.2) is 15.3 Å². The molecule has 1 unspecified atom stereocenters. The highest BCUT2D eigenvalue weighted by Gasteiger charge is 2.07. The zero-order valence-electron chi connectivity index (χ0n) is 8.85. The van der Waals surface area contributed by atoms with Crippen molar-refractivity contribution in [2.45, 2.75) is 39.2 Å². The maximum atomic E-state index is 9.77. The number of aromatic nitrogens is 2. The molecule has 0 amide bonds. The molecule has 0 aliphatic heterocycles. The fourth-order valence-electron chi connectivity index (χ4n) is 1.38. The lowest BCUT2D eigenvalue weighted by molar-refractivity contribution is 0.161. The third-order valence-electron chi connectivity index (χ3n) is 2.25. The van der Waals surface area contributed by atoms with Crippen LogP contribution in [-0.2, 0) is 0 Å². The van der Waals surface area contributed by atoms with Crippen molar-refractivity contribution in [3.05, 3.63) is 24.0 Å². The molecule has 0 aliphatic rings. The second-order valence-corrected chi connectivity index (χ2v) is 4.02. The minimum atomic E-state index is -0.385. The first-order valence-corrected chi connectivity index (χ1v) is 5.15. The summed E-state index contributed by atoms with van der Waals surface area (Å²) in [7, 11) is 0. The van der Waals surface area contributed by atoms with Crippen molar-refractivity contribution in [3.63, 3.8) is 0 Å². The molecule has 1 N–H and O–H groups in total. The molecule has 1 heterocycles. The molecule has 0 spiro atoms. The van der Waals surface area contributed by atoms with Gasteiger partial charge in [-0.15, -0.1) is 0 Å². The molecule has 3 heteroatoms. The van der Waals surface area contributed by atoms with Gasteiger partial charge in [-0.25, -0.2) is 0 Å². The van der Waals surface area contributed by atoms with Crippen LogP contribution in [0, 0.1) is 5.92 Å². The van der Waals surface area contributed by atoms with Gasteiger partial charge in [0, 0.05) is 11.8 Å². The summed E-state index contributed by atoms with van der Waals surface area (Å²) in [5.41, 5.74) is 0.865. The molecule has 14 heavy (non-hydrogen) atoms. The van der Waals surface area contributed by atoms with Gasteiger partial charge in [0.1, 0.15) is 0 Å². The van der Waals surface area contributed by atoms with Gasteiger partial charge in [0.25, 0.3) is 0 Å². The number of hydrogen-bond donors (Lipinski definition) is 1. The zero-order valence-corrected chi connectivity index (χ0v) is 8.85. The lowest BCUT2D eigenvalue weighted by Gasteiger charge is -2.10. The van der Waals surface area contributed by atoms with Gasteiger partial charge in [0.2, 0.25) is 0 Å². The summed E-state index contributed by atoms with van der Waals surface area (Å²) in [6.45, 7) is 4.39. The van der Waals surface area contributed by atoms with E-state index in [1.54, 1.807) is 12.4 Å². The van der Waals surface area contributed by atoms with Crippen LogP contribution in [0.15, 0.2) is 18.5 Å². The lowest BCUT2D eigenvalue weighted by atomic mass is 10.0. The maximum Gasteiger partial charge on any atom is 0.0806 e. The normalized spacial score (nSPS) is 13.1. The summed E-state index contributed by atoms with van der Waals surface area (Å²) in [5.74, 6) is 0.706. The summed E-state index contributed by atoms with van der Waals surface area (Å²) in [6, 6.07) is 1.81. The van der Waals surface area contributed by atoms with Crippen molar-refractivity contribution in [2.24, 2.45) is 5.92 Å². The van der Waals surface area contributed by atoms with E-state index in [2.05, 4.69) is 24.0 Å². The smallest absolute Gasteiger partial charge is 0.0806 e. The fraction of sp³-hybridized carbons (Fsp3) is 0.636. The van der Waals surface area contributed by atoms with Gasteiger partial charge in [-0.2, -0.15) is 10.2 Å². The number of aliphatic hydroxyl groups excluding tert-OH is 1. The van der Waals surface area contributed by atoms with Gasteiger partial charge in [-0.1, -0.05) is 26.7 Å². The molecule has 3 nitrogen and oxygen atoms in total. The molecule has 0 saturated carbocycles. The standard InChI is InChI=1S/C11H18N2O/c1-9(2)4-3-5-11(14)10-6-7-12-13-8-10/h6-9,11,14H,3-5H2,1-2H3. The minimum Gasteiger partial charge on any atom is -0.388 e. The third-order valence-corrected chi connectivity index (χ3v) is 2.25. The second-order valence-electron chi connectivity index (χ2n) is 4.02. The van der Waals surface area contributed by atoms with Crippen molar-refractivity contribution >= 4 is 0 Å². The minimum absolute atomic E-state index is 0.385. The highest BCUT2D eigenvalue weighted by atomic mass is 16.3. The molecule has 0 bridgehead atoms. The average molecular weight is 194 g/mol. The van der Waals surface area contributed by atoms with Crippen molar-refractivity contribution in [1.82, 2.24) is 10.2 Å². The SMILES string of the molecule is CC(C)CCCC(O)c1ccnnc1. The molecule has 1 rings (SSSR count). The van der Waals surface area contributed by atoms with Gasteiger partial charge in [0.05, 0.1) is 12.3 Å². The predicted molar refractivity (Wildman–Crippen MR) is 55.7 cm³/mol. The molecule has 0 aromatic carbocycles. The highest BCUT2D eigenvalue weighted by Crippen LogP contribution is 2.19. The Hall–Kier alpha value is -0.960. The molecule has 0 aliphatic carbocycles. The van der Waals surface area contributed by atoms with E-state index in [-0.39, 0.29) is 6.10 Å². The number of aliphatic hydroxyl groups is 1. The quantitative estimate of drug-likeness (QED) is 0.782. The molecule has 0 fully saturated rings. The first-order chi connectivity index (χ1) is 6.70. The Balaban J connectivity index is 2.32. The van der Waals surface area contributed by atoms with Gasteiger partial charge in [-0.3, -0.25) is 0 Å². The van der Waals surface area contributed by atoms with Crippen LogP contribution in [0.2, 0.25) is 0 Å². The summed E-state index contributed by atoms with van der Waals surface area (Å²) >= 11 is 0. The van der Waals surface area contributed by atoms with Crippen LogP contribution in [0.4, 0.5) is 0 Å². The molecule has 1 atom stereocenters. The summed E-state index contributed by atoms with van der Waals surface area (Å²) in [6.07, 6.45) is 5.88. The van der Waals surface area contributed by atoms with E-state index in [9.17, 15) is 5.11 Å². The van der Waals surface area contributed by atoms with Crippen molar-refractivity contribution in [1.29, 1.82) is 0 Å². The Kier molecular flexibility index (Phi) is 4.53. The molecule has 1 aromatic heterocycles. The first-order valence-electron chi connectivity index (χ1n) is 5.15. The van der Waals surface area contributed by atoms with E-state index < -0.39 is 0 Å². The number of nitrogens with zero attached hydrogens (tertiary/aromatic N) is 2. The van der Waals surface area contributed by atoms with Crippen LogP contribution in [0.1, 0.15) is 44.8 Å². The van der Waals surface area contributed by atoms with E-state index >= 15 is 0 Å². The van der Waals surface area contributed by atoms with Gasteiger partial charge in [0.15, 0.2) is 0 Å². The Morgan fingerprint density at radius 1 is 1.29 bits per heavy atom. The molecular formula is C11H18N2O. The van der Waals surface area contributed by atoms with Gasteiger partial charge >= 0.3 is 0 Å². The van der Waals surface area contributed by atoms with Crippen molar-refractivity contribution < 1.29 is 5.11 Å². The molecule has 1 aromatic rings. The maximum absolute atomic E-state index is 9.77. The second kappa shape index (κ2) is 5.70. The zero-order chi connectivity index (χ0) is 10.4. The van der Waals surface area contributed by atoms with Crippen LogP contribution < -0.4 is 0 Å². The Bertz CT molecular complexity index is 249. The molecular weight excluding hydrogens is 176 g/mol. The van der Waals surface area contributed by atoms with E-state index in [0.29, 0.717) is 5.92 Å². The van der Waals surface area contributed by atoms with Gasteiger partial charge in [-0.05, 0) is 18.4 Å². The van der Waals surface area contributed by atoms with E-state index in [1.165, 1.54) is 0 Å². The van der Waals surface area contributed by atoms with Crippen molar-refractivity contribution in [3.8, 4) is 0 Å². The Labute approximate surface area is 85.2 Å². The highest BCUT2D eigenvalue weighted by molar-refractivity contribution is 5.08. The Morgan fingerprint density at radius 2 is 2.07 bits per heavy atom. The predicted octanol–water partition coefficient (Wildman–Crippen LogP) is 2.34. The summed E-state index contributed by atoms with van der Waals surface area (Å²) in [4.78, 5) is 0. The van der Waals surface area contributed by atoms with E-state index in [0.717, 1.165) is 24.8 Å². The number of rotatable bonds is 5. The first kappa shape index (κ1) is 11.1. The monoisotopic (exact) mass is 194 g/mol. The van der Waals surface area contributed by atoms with Gasteiger partial charge < -0.3 is 5.11 Å². The third kappa shape index (κ3) is 3.83. The van der Waals surface area contributed by atoms with Crippen LogP contribution >= 0.6 is 0 Å². The average Bonchev–Trinajstić information content (AvgIpc) is 2.18. The summed E-state index contributed by atoms with van der Waals surface area (Å²) < 4.78 is 0.